The third kappa shape index (κ3) is 8.62. The highest BCUT2D eigenvalue weighted by atomic mass is 35.5. The molecule has 0 heterocycles. The number of halogens is 1. The molecule has 3 rings (SSSR count). The topological polar surface area (TPSA) is 147 Å². The number of nitrogens with one attached hydrogen (secondary N) is 2. The van der Waals surface area contributed by atoms with Crippen molar-refractivity contribution in [2.75, 3.05) is 5.75 Å². The predicted octanol–water partition coefficient (Wildman–Crippen LogP) is 3.53. The quantitative estimate of drug-likeness (QED) is 0.291. The van der Waals surface area contributed by atoms with Crippen LogP contribution in [0.1, 0.15) is 40.4 Å². The van der Waals surface area contributed by atoms with Crippen LogP contribution in [0.5, 0.6) is 5.75 Å². The zero-order valence-electron chi connectivity index (χ0n) is 21.3. The van der Waals surface area contributed by atoms with Crippen molar-refractivity contribution in [2.24, 2.45) is 0 Å². The van der Waals surface area contributed by atoms with Crippen LogP contribution < -0.4 is 10.0 Å². The third-order valence-electron chi connectivity index (χ3n) is 5.90. The van der Waals surface area contributed by atoms with Gasteiger partial charge in [0.15, 0.2) is 15.6 Å². The summed E-state index contributed by atoms with van der Waals surface area (Å²) >= 11 is 5.90. The summed E-state index contributed by atoms with van der Waals surface area (Å²) in [5.74, 6) is -2.26. The Bertz CT molecular complexity index is 1570. The van der Waals surface area contributed by atoms with Gasteiger partial charge < -0.3 is 10.4 Å². The number of carbonyl (C=O) groups excluding carboxylic acids is 2. The van der Waals surface area contributed by atoms with Crippen molar-refractivity contribution in [1.82, 2.24) is 10.0 Å². The van der Waals surface area contributed by atoms with Crippen LogP contribution in [-0.2, 0) is 37.0 Å². The molecular formula is C27H29ClN2O7S2. The second-order valence-corrected chi connectivity index (χ2v) is 13.3. The van der Waals surface area contributed by atoms with Crippen molar-refractivity contribution in [2.45, 2.75) is 43.5 Å². The van der Waals surface area contributed by atoms with E-state index in [0.717, 1.165) is 0 Å². The van der Waals surface area contributed by atoms with Crippen LogP contribution in [0.25, 0.3) is 0 Å². The molecule has 12 heteroatoms. The average Bonchev–Trinajstić information content (AvgIpc) is 2.87. The Morgan fingerprint density at radius 3 is 2.26 bits per heavy atom. The van der Waals surface area contributed by atoms with Gasteiger partial charge in [-0.25, -0.2) is 21.6 Å². The van der Waals surface area contributed by atoms with Crippen molar-refractivity contribution in [3.05, 3.63) is 94.0 Å². The fourth-order valence-corrected chi connectivity index (χ4v) is 6.47. The molecule has 0 saturated heterocycles. The lowest BCUT2D eigenvalue weighted by atomic mass is 10.1. The lowest BCUT2D eigenvalue weighted by Crippen LogP contribution is -2.43. The Hall–Kier alpha value is -3.25. The first-order chi connectivity index (χ1) is 18.3. The van der Waals surface area contributed by atoms with E-state index in [-0.39, 0.29) is 34.9 Å². The van der Waals surface area contributed by atoms with Gasteiger partial charge in [0.2, 0.25) is 10.0 Å². The molecule has 208 valence electrons. The van der Waals surface area contributed by atoms with E-state index in [9.17, 15) is 31.5 Å². The van der Waals surface area contributed by atoms with E-state index in [2.05, 4.69) is 10.0 Å². The number of phenolic OH excluding ortho intramolecular Hbond substituents is 1. The fourth-order valence-electron chi connectivity index (χ4n) is 3.73. The molecule has 39 heavy (non-hydrogen) atoms. The lowest BCUT2D eigenvalue weighted by molar-refractivity contribution is -0.118. The highest BCUT2D eigenvalue weighted by Gasteiger charge is 2.25. The molecule has 3 aromatic carbocycles. The van der Waals surface area contributed by atoms with Crippen LogP contribution in [0.3, 0.4) is 0 Å². The zero-order chi connectivity index (χ0) is 28.8. The van der Waals surface area contributed by atoms with Crippen LogP contribution in [0.4, 0.5) is 0 Å². The maximum atomic E-state index is 12.7. The normalized spacial score (nSPS) is 12.6. The Labute approximate surface area is 233 Å². The summed E-state index contributed by atoms with van der Waals surface area (Å²) in [7, 11) is -7.61. The molecule has 3 N–H and O–H groups in total. The number of carbonyl (C=O) groups is 2. The molecule has 9 nitrogen and oxygen atoms in total. The molecular weight excluding hydrogens is 564 g/mol. The van der Waals surface area contributed by atoms with E-state index >= 15 is 0 Å². The first-order valence-corrected chi connectivity index (χ1v) is 15.6. The maximum Gasteiger partial charge on any atom is 0.251 e. The summed E-state index contributed by atoms with van der Waals surface area (Å²) in [5, 5.41) is 12.6. The number of sulfone groups is 1. The summed E-state index contributed by atoms with van der Waals surface area (Å²) in [6.07, 6.45) is 0.202. The van der Waals surface area contributed by atoms with E-state index in [0.29, 0.717) is 21.7 Å². The van der Waals surface area contributed by atoms with Gasteiger partial charge in [-0.3, -0.25) is 9.59 Å². The van der Waals surface area contributed by atoms with Crippen LogP contribution in [0.15, 0.2) is 71.6 Å². The SMILES string of the molecule is CCC(NC(=O)c1ccc(CNS(=O)(=O)c2ccc(O)c(C)c2)cc1)C(=O)CS(=O)(=O)Cc1cccc(Cl)c1. The van der Waals surface area contributed by atoms with E-state index < -0.39 is 43.3 Å². The first-order valence-electron chi connectivity index (χ1n) is 12.0. The number of Topliss-reactive ketones (excluding diaryl/α,β-unsaturated/α-hetero) is 1. The van der Waals surface area contributed by atoms with Crippen LogP contribution >= 0.6 is 11.6 Å². The molecule has 3 aromatic rings. The number of amides is 1. The number of benzene rings is 3. The van der Waals surface area contributed by atoms with E-state index in [4.69, 9.17) is 11.6 Å². The summed E-state index contributed by atoms with van der Waals surface area (Å²) in [5.41, 5.74) is 1.70. The molecule has 0 bridgehead atoms. The Balaban J connectivity index is 1.58. The number of aromatic hydroxyl groups is 1. The Morgan fingerprint density at radius 2 is 1.64 bits per heavy atom. The highest BCUT2D eigenvalue weighted by Crippen LogP contribution is 2.20. The van der Waals surface area contributed by atoms with Gasteiger partial charge in [-0.15, -0.1) is 0 Å². The third-order valence-corrected chi connectivity index (χ3v) is 9.03. The second kappa shape index (κ2) is 12.7. The number of phenols is 1. The summed E-state index contributed by atoms with van der Waals surface area (Å²) < 4.78 is 52.7. The van der Waals surface area contributed by atoms with Crippen LogP contribution in [0.2, 0.25) is 5.02 Å². The summed E-state index contributed by atoms with van der Waals surface area (Å²) in [4.78, 5) is 25.4. The molecule has 0 saturated carbocycles. The van der Waals surface area contributed by atoms with Gasteiger partial charge in [-0.2, -0.15) is 0 Å². The second-order valence-electron chi connectivity index (χ2n) is 9.03. The lowest BCUT2D eigenvalue weighted by Gasteiger charge is -2.16. The predicted molar refractivity (Wildman–Crippen MR) is 149 cm³/mol. The standard InChI is InChI=1S/C27H29ClN2O7S2/c1-3-24(26(32)17-38(34,35)16-20-5-4-6-22(28)14-20)30-27(33)21-9-7-19(8-10-21)15-29-39(36,37)23-11-12-25(31)18(2)13-23/h4-14,24,29,31H,3,15-17H2,1-2H3,(H,30,33). The molecule has 0 aliphatic rings. The van der Waals surface area contributed by atoms with Crippen LogP contribution in [-0.4, -0.2) is 45.4 Å². The van der Waals surface area contributed by atoms with Crippen molar-refractivity contribution in [1.29, 1.82) is 0 Å². The van der Waals surface area contributed by atoms with Gasteiger partial charge in [-0.1, -0.05) is 42.8 Å². The molecule has 0 radical (unpaired) electrons. The van der Waals surface area contributed by atoms with Gasteiger partial charge in [-0.05, 0) is 72.5 Å². The van der Waals surface area contributed by atoms with Gasteiger partial charge in [0.1, 0.15) is 11.5 Å². The highest BCUT2D eigenvalue weighted by molar-refractivity contribution is 7.91. The maximum absolute atomic E-state index is 12.7. The number of sulfonamides is 1. The zero-order valence-corrected chi connectivity index (χ0v) is 23.7. The van der Waals surface area contributed by atoms with Crippen molar-refractivity contribution < 1.29 is 31.5 Å². The van der Waals surface area contributed by atoms with Gasteiger partial charge in [0.05, 0.1) is 16.7 Å². The molecule has 0 fully saturated rings. The monoisotopic (exact) mass is 592 g/mol. The van der Waals surface area contributed by atoms with Gasteiger partial charge in [0, 0.05) is 17.1 Å². The molecule has 0 spiro atoms. The average molecular weight is 593 g/mol. The number of hydrogen-bond donors (Lipinski definition) is 3. The number of hydrogen-bond acceptors (Lipinski definition) is 7. The van der Waals surface area contributed by atoms with Crippen LogP contribution in [0, 0.1) is 6.92 Å². The van der Waals surface area contributed by atoms with Crippen molar-refractivity contribution in [3.8, 4) is 5.75 Å². The number of aryl methyl sites for hydroxylation is 1. The van der Waals surface area contributed by atoms with Crippen molar-refractivity contribution >= 4 is 43.2 Å². The van der Waals surface area contributed by atoms with Gasteiger partial charge >= 0.3 is 0 Å². The van der Waals surface area contributed by atoms with E-state index in [1.165, 1.54) is 36.4 Å². The number of rotatable bonds is 12. The largest absolute Gasteiger partial charge is 0.508 e. The minimum atomic E-state index is -3.82. The van der Waals surface area contributed by atoms with E-state index in [1.54, 1.807) is 44.2 Å². The Kier molecular flexibility index (Phi) is 9.89. The number of ketones is 1. The minimum Gasteiger partial charge on any atom is -0.508 e. The molecule has 1 amide bonds. The Morgan fingerprint density at radius 1 is 0.949 bits per heavy atom. The minimum absolute atomic E-state index is 0.00556. The first kappa shape index (κ1) is 30.3. The smallest absolute Gasteiger partial charge is 0.251 e. The molecule has 0 aliphatic carbocycles. The molecule has 1 atom stereocenters. The van der Waals surface area contributed by atoms with Gasteiger partial charge in [0.25, 0.3) is 5.91 Å². The van der Waals surface area contributed by atoms with Crippen molar-refractivity contribution in [3.63, 3.8) is 0 Å². The van der Waals surface area contributed by atoms with E-state index in [1.807, 2.05) is 0 Å². The molecule has 0 aliphatic heterocycles. The molecule has 1 unspecified atom stereocenters. The summed E-state index contributed by atoms with van der Waals surface area (Å²) in [6, 6.07) is 15.4. The summed E-state index contributed by atoms with van der Waals surface area (Å²) in [6.45, 7) is 3.22. The molecule has 0 aromatic heterocycles. The fraction of sp³-hybridized carbons (Fsp3) is 0.259.